The minimum absolute atomic E-state index is 0.102. The van der Waals surface area contributed by atoms with Crippen LogP contribution in [0.4, 0.5) is 0 Å². The molecular formula is C10H10ClNO3S2. The lowest BCUT2D eigenvalue weighted by Crippen LogP contribution is -2.36. The summed E-state index contributed by atoms with van der Waals surface area (Å²) in [5.74, 6) is 0.229. The van der Waals surface area contributed by atoms with E-state index in [1.165, 1.54) is 24.3 Å². The predicted octanol–water partition coefficient (Wildman–Crippen LogP) is 1.56. The van der Waals surface area contributed by atoms with Crippen molar-refractivity contribution in [2.75, 3.05) is 12.3 Å². The molecule has 0 amide bonds. The summed E-state index contributed by atoms with van der Waals surface area (Å²) in [7, 11) is -5.23. The molecule has 0 aromatic heterocycles. The highest BCUT2D eigenvalue weighted by molar-refractivity contribution is 8.01. The number of hydrogen-bond donors (Lipinski definition) is 0. The Balaban J connectivity index is 2.39. The molecule has 1 aliphatic rings. The number of halogens is 1. The van der Waals surface area contributed by atoms with Crippen molar-refractivity contribution >= 4 is 32.6 Å². The van der Waals surface area contributed by atoms with Crippen molar-refractivity contribution in [2.45, 2.75) is 4.90 Å². The van der Waals surface area contributed by atoms with Crippen molar-refractivity contribution in [1.29, 1.82) is 0 Å². The molecule has 92 valence electrons. The number of sulfonamides is 1. The Morgan fingerprint density at radius 2 is 1.82 bits per heavy atom. The van der Waals surface area contributed by atoms with Gasteiger partial charge in [0, 0.05) is 11.6 Å². The molecule has 1 aliphatic heterocycles. The van der Waals surface area contributed by atoms with E-state index in [0.29, 0.717) is 5.02 Å². The molecule has 0 spiro atoms. The molecule has 0 saturated carbocycles. The topological polar surface area (TPSA) is 54.5 Å². The third-order valence-corrected chi connectivity index (χ3v) is 6.24. The Morgan fingerprint density at radius 1 is 1.18 bits per heavy atom. The molecule has 2 rings (SSSR count). The SMILES string of the molecule is O=S1CC=CCN1S(=O)(=O)c1ccc(Cl)cc1. The maximum Gasteiger partial charge on any atom is 0.254 e. The summed E-state index contributed by atoms with van der Waals surface area (Å²) in [5.41, 5.74) is 0. The van der Waals surface area contributed by atoms with Gasteiger partial charge in [0.05, 0.1) is 10.6 Å². The highest BCUT2D eigenvalue weighted by Crippen LogP contribution is 2.21. The van der Waals surface area contributed by atoms with E-state index in [1.54, 1.807) is 12.2 Å². The monoisotopic (exact) mass is 291 g/mol. The van der Waals surface area contributed by atoms with E-state index in [9.17, 15) is 12.6 Å². The van der Waals surface area contributed by atoms with Crippen molar-refractivity contribution < 1.29 is 12.6 Å². The molecule has 0 N–H and O–H groups in total. The molecule has 1 aromatic carbocycles. The minimum atomic E-state index is -3.70. The van der Waals surface area contributed by atoms with Gasteiger partial charge in [-0.25, -0.2) is 12.6 Å². The van der Waals surface area contributed by atoms with Gasteiger partial charge in [-0.1, -0.05) is 23.8 Å². The number of benzene rings is 1. The Hall–Kier alpha value is -0.690. The van der Waals surface area contributed by atoms with Gasteiger partial charge in [0.25, 0.3) is 10.0 Å². The molecule has 0 saturated heterocycles. The van der Waals surface area contributed by atoms with E-state index in [4.69, 9.17) is 11.6 Å². The van der Waals surface area contributed by atoms with E-state index in [1.807, 2.05) is 0 Å². The lowest BCUT2D eigenvalue weighted by molar-refractivity contribution is 0.543. The van der Waals surface area contributed by atoms with Crippen LogP contribution < -0.4 is 0 Å². The molecule has 1 unspecified atom stereocenters. The fourth-order valence-electron chi connectivity index (χ4n) is 1.41. The maximum atomic E-state index is 12.2. The van der Waals surface area contributed by atoms with Gasteiger partial charge >= 0.3 is 0 Å². The fraction of sp³-hybridized carbons (Fsp3) is 0.200. The molecule has 1 aromatic rings. The molecule has 0 aliphatic carbocycles. The first-order valence-electron chi connectivity index (χ1n) is 4.83. The smallest absolute Gasteiger partial charge is 0.241 e. The van der Waals surface area contributed by atoms with Gasteiger partial charge in [-0.05, 0) is 24.3 Å². The zero-order valence-corrected chi connectivity index (χ0v) is 11.1. The van der Waals surface area contributed by atoms with Gasteiger partial charge in [-0.2, -0.15) is 0 Å². The summed E-state index contributed by atoms with van der Waals surface area (Å²) < 4.78 is 37.0. The standard InChI is InChI=1S/C10H10ClNO3S2/c11-9-3-5-10(6-4-9)17(14,15)12-7-1-2-8-16(12)13/h1-6H,7-8H2. The van der Waals surface area contributed by atoms with E-state index in [2.05, 4.69) is 0 Å². The molecule has 1 atom stereocenters. The summed E-state index contributed by atoms with van der Waals surface area (Å²) in [6.07, 6.45) is 3.40. The van der Waals surface area contributed by atoms with Crippen molar-refractivity contribution in [2.24, 2.45) is 0 Å². The van der Waals surface area contributed by atoms with E-state index in [-0.39, 0.29) is 17.2 Å². The molecule has 0 bridgehead atoms. The summed E-state index contributed by atoms with van der Waals surface area (Å²) >= 11 is 5.70. The summed E-state index contributed by atoms with van der Waals surface area (Å²) in [6.45, 7) is 0.136. The zero-order valence-electron chi connectivity index (χ0n) is 8.74. The Morgan fingerprint density at radius 3 is 2.41 bits per heavy atom. The van der Waals surface area contributed by atoms with Crippen LogP contribution in [0.1, 0.15) is 0 Å². The first-order valence-corrected chi connectivity index (χ1v) is 7.93. The summed E-state index contributed by atoms with van der Waals surface area (Å²) in [5, 5.41) is 0.462. The second kappa shape index (κ2) is 4.89. The molecule has 17 heavy (non-hydrogen) atoms. The Kier molecular flexibility index (Phi) is 3.67. The van der Waals surface area contributed by atoms with Gasteiger partial charge < -0.3 is 0 Å². The van der Waals surface area contributed by atoms with Crippen LogP contribution >= 0.6 is 11.6 Å². The zero-order chi connectivity index (χ0) is 12.5. The lowest BCUT2D eigenvalue weighted by atomic mass is 10.4. The van der Waals surface area contributed by atoms with Crippen molar-refractivity contribution in [3.05, 3.63) is 41.4 Å². The first-order chi connectivity index (χ1) is 8.01. The van der Waals surface area contributed by atoms with Gasteiger partial charge in [0.2, 0.25) is 0 Å². The van der Waals surface area contributed by atoms with E-state index in [0.717, 1.165) is 3.71 Å². The van der Waals surface area contributed by atoms with Crippen LogP contribution in [0.5, 0.6) is 0 Å². The van der Waals surface area contributed by atoms with Gasteiger partial charge in [0.15, 0.2) is 0 Å². The second-order valence-electron chi connectivity index (χ2n) is 3.40. The highest BCUT2D eigenvalue weighted by Gasteiger charge is 2.29. The van der Waals surface area contributed by atoms with E-state index >= 15 is 0 Å². The minimum Gasteiger partial charge on any atom is -0.241 e. The molecular weight excluding hydrogens is 282 g/mol. The predicted molar refractivity (Wildman–Crippen MR) is 67.5 cm³/mol. The van der Waals surface area contributed by atoms with E-state index < -0.39 is 21.0 Å². The third-order valence-electron chi connectivity index (χ3n) is 2.27. The Labute approximate surface area is 108 Å². The average Bonchev–Trinajstić information content (AvgIpc) is 2.30. The number of hydrogen-bond acceptors (Lipinski definition) is 3. The lowest BCUT2D eigenvalue weighted by Gasteiger charge is -2.21. The first kappa shape index (κ1) is 12.8. The normalized spacial score (nSPS) is 21.6. The van der Waals surface area contributed by atoms with Crippen molar-refractivity contribution in [1.82, 2.24) is 3.71 Å². The highest BCUT2D eigenvalue weighted by atomic mass is 35.5. The van der Waals surface area contributed by atoms with Crippen LogP contribution in [0.25, 0.3) is 0 Å². The molecule has 4 nitrogen and oxygen atoms in total. The van der Waals surface area contributed by atoms with Crippen LogP contribution in [-0.4, -0.2) is 28.6 Å². The fourth-order valence-corrected chi connectivity index (χ4v) is 4.57. The van der Waals surface area contributed by atoms with Crippen LogP contribution in [0.3, 0.4) is 0 Å². The van der Waals surface area contributed by atoms with Crippen LogP contribution in [0, 0.1) is 0 Å². The van der Waals surface area contributed by atoms with Gasteiger partial charge in [-0.15, -0.1) is 3.71 Å². The van der Waals surface area contributed by atoms with Crippen LogP contribution in [0.15, 0.2) is 41.3 Å². The van der Waals surface area contributed by atoms with Crippen molar-refractivity contribution in [3.63, 3.8) is 0 Å². The maximum absolute atomic E-state index is 12.2. The summed E-state index contributed by atoms with van der Waals surface area (Å²) in [6, 6.07) is 5.81. The van der Waals surface area contributed by atoms with Crippen LogP contribution in [0.2, 0.25) is 5.02 Å². The molecule has 0 fully saturated rings. The average molecular weight is 292 g/mol. The van der Waals surface area contributed by atoms with Gasteiger partial charge in [0.1, 0.15) is 11.0 Å². The van der Waals surface area contributed by atoms with Crippen molar-refractivity contribution in [3.8, 4) is 0 Å². The van der Waals surface area contributed by atoms with Gasteiger partial charge in [-0.3, -0.25) is 0 Å². The van der Waals surface area contributed by atoms with Crippen LogP contribution in [-0.2, 0) is 21.0 Å². The number of rotatable bonds is 2. The molecule has 7 heteroatoms. The quantitative estimate of drug-likeness (QED) is 0.777. The largest absolute Gasteiger partial charge is 0.254 e. The third kappa shape index (κ3) is 2.60. The summed E-state index contributed by atoms with van der Waals surface area (Å²) in [4.78, 5) is 0.102. The second-order valence-corrected chi connectivity index (χ2v) is 7.35. The molecule has 0 radical (unpaired) electrons. The number of nitrogens with zero attached hydrogens (tertiary/aromatic N) is 1. The Bertz CT molecular complexity index is 566. The molecule has 1 heterocycles.